The first-order valence-corrected chi connectivity index (χ1v) is 13.4. The number of fused-ring (bicyclic) bond motifs is 7. The van der Waals surface area contributed by atoms with Crippen molar-refractivity contribution in [2.24, 2.45) is 50.7 Å². The Kier molecular flexibility index (Phi) is 4.97. The zero-order valence-corrected chi connectivity index (χ0v) is 21.5. The first kappa shape index (κ1) is 23.6. The quantitative estimate of drug-likeness (QED) is 0.506. The number of aliphatic hydroxyl groups is 1. The molecule has 0 heterocycles. The fourth-order valence-electron chi connectivity index (χ4n) is 10.2. The minimum atomic E-state index is -0.674. The van der Waals surface area contributed by atoms with E-state index in [9.17, 15) is 19.8 Å². The third-order valence-corrected chi connectivity index (χ3v) is 12.6. The summed E-state index contributed by atoms with van der Waals surface area (Å²) < 4.78 is 0. The molecule has 184 valence electrons. The zero-order chi connectivity index (χ0) is 24.2. The lowest BCUT2D eigenvalue weighted by atomic mass is 9.33. The van der Waals surface area contributed by atoms with Crippen LogP contribution in [0.1, 0.15) is 99.3 Å². The van der Waals surface area contributed by atoms with E-state index in [1.165, 1.54) is 5.57 Å². The van der Waals surface area contributed by atoms with Gasteiger partial charge in [0.15, 0.2) is 5.78 Å². The first-order chi connectivity index (χ1) is 15.2. The fourth-order valence-corrected chi connectivity index (χ4v) is 10.2. The Hall–Kier alpha value is -1.16. The van der Waals surface area contributed by atoms with Gasteiger partial charge in [-0.15, -0.1) is 0 Å². The number of carboxylic acids is 1. The molecule has 4 saturated carbocycles. The lowest BCUT2D eigenvalue weighted by Gasteiger charge is -2.70. The maximum Gasteiger partial charge on any atom is 0.306 e. The van der Waals surface area contributed by atoms with Crippen LogP contribution in [0.15, 0.2) is 11.6 Å². The Morgan fingerprint density at radius 3 is 2.30 bits per heavy atom. The predicted molar refractivity (Wildman–Crippen MR) is 128 cm³/mol. The molecule has 4 heteroatoms. The smallest absolute Gasteiger partial charge is 0.306 e. The molecule has 5 aliphatic rings. The van der Waals surface area contributed by atoms with Gasteiger partial charge in [0.05, 0.1) is 12.0 Å². The van der Waals surface area contributed by atoms with Gasteiger partial charge in [0.1, 0.15) is 0 Å². The van der Waals surface area contributed by atoms with Crippen molar-refractivity contribution in [2.75, 3.05) is 0 Å². The van der Waals surface area contributed by atoms with E-state index >= 15 is 0 Å². The van der Waals surface area contributed by atoms with Crippen LogP contribution < -0.4 is 0 Å². The summed E-state index contributed by atoms with van der Waals surface area (Å²) in [5, 5.41) is 20.6. The van der Waals surface area contributed by atoms with Crippen molar-refractivity contribution in [2.45, 2.75) is 105 Å². The molecule has 0 unspecified atom stereocenters. The largest absolute Gasteiger partial charge is 0.481 e. The number of carboxylic acid groups (broad SMARTS) is 1. The fraction of sp³-hybridized carbons (Fsp3) is 0.862. The van der Waals surface area contributed by atoms with Crippen LogP contribution in [0.4, 0.5) is 0 Å². The van der Waals surface area contributed by atoms with Gasteiger partial charge in [0, 0.05) is 5.92 Å². The SMILES string of the molecule is CC1(C)[C@@H](O)CC[C@]2(C)[C@H]3C(=O)C=C4[C@@H]5C[C@@H](C(=O)O)CC[C@]5(C)CC[C@@]4(C)[C@]3(C)CC[C@@H]12. The highest BCUT2D eigenvalue weighted by Crippen LogP contribution is 2.74. The summed E-state index contributed by atoms with van der Waals surface area (Å²) in [6.45, 7) is 13.9. The zero-order valence-electron chi connectivity index (χ0n) is 21.5. The third kappa shape index (κ3) is 2.85. The molecule has 2 N–H and O–H groups in total. The minimum Gasteiger partial charge on any atom is -0.481 e. The molecular formula is C29H44O4. The molecule has 0 aliphatic heterocycles. The number of hydrogen-bond acceptors (Lipinski definition) is 3. The molecule has 4 fully saturated rings. The van der Waals surface area contributed by atoms with Crippen LogP contribution in [0.3, 0.4) is 0 Å². The van der Waals surface area contributed by atoms with Crippen molar-refractivity contribution < 1.29 is 19.8 Å². The Balaban J connectivity index is 1.61. The normalized spacial score (nSPS) is 53.1. The van der Waals surface area contributed by atoms with Gasteiger partial charge in [0.2, 0.25) is 0 Å². The van der Waals surface area contributed by atoms with Crippen molar-refractivity contribution in [1.29, 1.82) is 0 Å². The van der Waals surface area contributed by atoms with Crippen molar-refractivity contribution >= 4 is 11.8 Å². The van der Waals surface area contributed by atoms with Gasteiger partial charge >= 0.3 is 5.97 Å². The van der Waals surface area contributed by atoms with Crippen LogP contribution in [0.5, 0.6) is 0 Å². The van der Waals surface area contributed by atoms with Gasteiger partial charge < -0.3 is 10.2 Å². The van der Waals surface area contributed by atoms with Crippen LogP contribution in [0.25, 0.3) is 0 Å². The van der Waals surface area contributed by atoms with E-state index in [0.29, 0.717) is 12.3 Å². The average molecular weight is 457 g/mol. The standard InChI is InChI=1S/C29H44O4/c1-25(2)21-8-12-29(6)23(27(21,4)11-9-22(25)31)20(30)16-19-18-15-17(24(32)33)7-10-26(18,3)13-14-28(19,29)5/h16-18,21-23,31H,7-15H2,1-6H3,(H,32,33)/t17-,18-,21-,22-,23+,26+,27-,28+,29+/m0/s1. The van der Waals surface area contributed by atoms with Crippen LogP contribution in [-0.2, 0) is 9.59 Å². The lowest BCUT2D eigenvalue weighted by Crippen LogP contribution is -2.66. The first-order valence-electron chi connectivity index (χ1n) is 13.4. The van der Waals surface area contributed by atoms with Crippen molar-refractivity contribution in [3.8, 4) is 0 Å². The molecule has 0 amide bonds. The van der Waals surface area contributed by atoms with E-state index in [2.05, 4.69) is 41.5 Å². The van der Waals surface area contributed by atoms with E-state index in [0.717, 1.165) is 51.4 Å². The van der Waals surface area contributed by atoms with E-state index in [4.69, 9.17) is 0 Å². The second-order valence-corrected chi connectivity index (χ2v) is 14.2. The molecular weight excluding hydrogens is 412 g/mol. The maximum absolute atomic E-state index is 14.1. The molecule has 0 aromatic carbocycles. The van der Waals surface area contributed by atoms with Crippen LogP contribution >= 0.6 is 0 Å². The Morgan fingerprint density at radius 1 is 0.939 bits per heavy atom. The molecule has 0 spiro atoms. The average Bonchev–Trinajstić information content (AvgIpc) is 2.72. The summed E-state index contributed by atoms with van der Waals surface area (Å²) in [5.41, 5.74) is 0.929. The van der Waals surface area contributed by atoms with Crippen LogP contribution in [-0.4, -0.2) is 28.1 Å². The van der Waals surface area contributed by atoms with Gasteiger partial charge in [-0.05, 0) is 103 Å². The highest BCUT2D eigenvalue weighted by molar-refractivity contribution is 5.95. The van der Waals surface area contributed by atoms with Crippen LogP contribution in [0, 0.1) is 50.7 Å². The van der Waals surface area contributed by atoms with Gasteiger partial charge in [-0.25, -0.2) is 0 Å². The third-order valence-electron chi connectivity index (χ3n) is 12.6. The molecule has 0 aromatic rings. The monoisotopic (exact) mass is 456 g/mol. The molecule has 0 bridgehead atoms. The molecule has 5 aliphatic carbocycles. The van der Waals surface area contributed by atoms with Gasteiger partial charge in [-0.2, -0.15) is 0 Å². The number of aliphatic hydroxyl groups excluding tert-OH is 1. The van der Waals surface area contributed by atoms with Crippen molar-refractivity contribution in [3.05, 3.63) is 11.6 Å². The summed E-state index contributed by atoms with van der Waals surface area (Å²) in [5.74, 6) is -0.163. The second kappa shape index (κ2) is 6.95. The van der Waals surface area contributed by atoms with Gasteiger partial charge in [-0.3, -0.25) is 9.59 Å². The summed E-state index contributed by atoms with van der Waals surface area (Å²) in [7, 11) is 0. The number of allylic oxidation sites excluding steroid dienone is 2. The number of carbonyl (C=O) groups excluding carboxylic acids is 1. The summed E-state index contributed by atoms with van der Waals surface area (Å²) in [6, 6.07) is 0. The summed E-state index contributed by atoms with van der Waals surface area (Å²) in [4.78, 5) is 26.0. The summed E-state index contributed by atoms with van der Waals surface area (Å²) in [6.07, 6.45) is 10.1. The molecule has 9 atom stereocenters. The Bertz CT molecular complexity index is 919. The van der Waals surface area contributed by atoms with Crippen molar-refractivity contribution in [3.63, 3.8) is 0 Å². The van der Waals surface area contributed by atoms with E-state index < -0.39 is 5.97 Å². The molecule has 0 aromatic heterocycles. The van der Waals surface area contributed by atoms with E-state index in [1.807, 2.05) is 6.08 Å². The molecule has 0 saturated heterocycles. The lowest BCUT2D eigenvalue weighted by molar-refractivity contribution is -0.201. The molecule has 0 radical (unpaired) electrons. The number of aliphatic carboxylic acids is 1. The van der Waals surface area contributed by atoms with Gasteiger partial charge in [-0.1, -0.05) is 47.1 Å². The molecule has 33 heavy (non-hydrogen) atoms. The van der Waals surface area contributed by atoms with Crippen molar-refractivity contribution in [1.82, 2.24) is 0 Å². The highest BCUT2D eigenvalue weighted by atomic mass is 16.4. The predicted octanol–water partition coefficient (Wildman–Crippen LogP) is 6.02. The minimum absolute atomic E-state index is 0.0208. The topological polar surface area (TPSA) is 74.6 Å². The highest BCUT2D eigenvalue weighted by Gasteiger charge is 2.69. The number of ketones is 1. The molecule has 4 nitrogen and oxygen atoms in total. The Labute approximate surface area is 199 Å². The maximum atomic E-state index is 14.1. The van der Waals surface area contributed by atoms with E-state index in [1.54, 1.807) is 0 Å². The number of rotatable bonds is 1. The van der Waals surface area contributed by atoms with Crippen LogP contribution in [0.2, 0.25) is 0 Å². The number of carbonyl (C=O) groups is 2. The second-order valence-electron chi connectivity index (χ2n) is 14.2. The van der Waals surface area contributed by atoms with E-state index in [-0.39, 0.29) is 56.7 Å². The Morgan fingerprint density at radius 2 is 1.64 bits per heavy atom. The van der Waals surface area contributed by atoms with Gasteiger partial charge in [0.25, 0.3) is 0 Å². The number of hydrogen-bond donors (Lipinski definition) is 2. The molecule has 5 rings (SSSR count). The summed E-state index contributed by atoms with van der Waals surface area (Å²) >= 11 is 0.